The summed E-state index contributed by atoms with van der Waals surface area (Å²) in [5.41, 5.74) is 0. The zero-order valence-electron chi connectivity index (χ0n) is 16.3. The molecule has 0 bridgehead atoms. The summed E-state index contributed by atoms with van der Waals surface area (Å²) in [5, 5.41) is 6.10. The van der Waals surface area contributed by atoms with Gasteiger partial charge in [-0.1, -0.05) is 74.9 Å². The van der Waals surface area contributed by atoms with Crippen molar-refractivity contribution in [2.24, 2.45) is 11.8 Å². The minimum Gasteiger partial charge on any atom is -0.412 e. The van der Waals surface area contributed by atoms with Crippen molar-refractivity contribution in [2.45, 2.75) is 79.1 Å². The van der Waals surface area contributed by atoms with Gasteiger partial charge >= 0.3 is 21.1 Å². The monoisotopic (exact) mass is 506 g/mol. The Morgan fingerprint density at radius 3 is 1.28 bits per heavy atom. The van der Waals surface area contributed by atoms with E-state index < -0.39 is 0 Å². The van der Waals surface area contributed by atoms with Gasteiger partial charge in [-0.2, -0.15) is 0 Å². The Bertz CT molecular complexity index is 287. The second kappa shape index (κ2) is 22.9. The summed E-state index contributed by atoms with van der Waals surface area (Å²) in [7, 11) is 0. The molecular formula is C18H36MoN2S4. The average Bonchev–Trinajstić information content (AvgIpc) is 2.55. The Hall–Kier alpha value is 0.908. The largest absolute Gasteiger partial charge is 2.00 e. The van der Waals surface area contributed by atoms with Crippen molar-refractivity contribution < 1.29 is 21.1 Å². The molecule has 0 saturated carbocycles. The summed E-state index contributed by atoms with van der Waals surface area (Å²) >= 11 is 19.1. The van der Waals surface area contributed by atoms with Crippen LogP contribution in [0.1, 0.15) is 79.1 Å². The van der Waals surface area contributed by atoms with Gasteiger partial charge in [0.2, 0.25) is 0 Å². The first-order chi connectivity index (χ1) is 11.4. The smallest absolute Gasteiger partial charge is 0.412 e. The van der Waals surface area contributed by atoms with Crippen LogP contribution in [0.25, 0.3) is 0 Å². The van der Waals surface area contributed by atoms with Gasteiger partial charge in [-0.3, -0.25) is 0 Å². The molecule has 2 nitrogen and oxygen atoms in total. The van der Waals surface area contributed by atoms with Crippen molar-refractivity contribution in [3.05, 3.63) is 0 Å². The molecule has 0 aromatic carbocycles. The van der Waals surface area contributed by atoms with Gasteiger partial charge in [-0.05, 0) is 24.7 Å². The summed E-state index contributed by atoms with van der Waals surface area (Å²) in [6, 6.07) is 0. The predicted molar refractivity (Wildman–Crippen MR) is 123 cm³/mol. The molecule has 0 fully saturated rings. The Labute approximate surface area is 192 Å². The van der Waals surface area contributed by atoms with Gasteiger partial charge in [0.15, 0.2) is 0 Å². The molecule has 0 heterocycles. The van der Waals surface area contributed by atoms with Crippen LogP contribution in [0.2, 0.25) is 0 Å². The van der Waals surface area contributed by atoms with E-state index >= 15 is 0 Å². The second-order valence-electron chi connectivity index (χ2n) is 6.17. The number of rotatable bonds is 12. The topological polar surface area (TPSA) is 24.1 Å². The standard InChI is InChI=1S/2C9H19NS2.Mo/c2*1-3-5-6-8(4-2)7-10-9(11)12;/h2*8H,3-7H2,1-2H3,(H2,10,11,12);/q;;+2/p-2. The molecule has 0 radical (unpaired) electrons. The summed E-state index contributed by atoms with van der Waals surface area (Å²) < 4.78 is 1.01. The molecule has 0 aromatic heterocycles. The molecule has 2 atom stereocenters. The first kappa shape index (κ1) is 30.6. The van der Waals surface area contributed by atoms with Crippen LogP contribution in [-0.4, -0.2) is 21.7 Å². The Kier molecular flexibility index (Phi) is 28.1. The molecule has 0 saturated heterocycles. The summed E-state index contributed by atoms with van der Waals surface area (Å²) in [5.74, 6) is 1.48. The van der Waals surface area contributed by atoms with E-state index in [4.69, 9.17) is 49.7 Å². The average molecular weight is 505 g/mol. The molecule has 0 rings (SSSR count). The molecular weight excluding hydrogens is 468 g/mol. The van der Waals surface area contributed by atoms with E-state index in [0.29, 0.717) is 8.64 Å². The van der Waals surface area contributed by atoms with Gasteiger partial charge < -0.3 is 60.3 Å². The number of hydrogen-bond acceptors (Lipinski definition) is 4. The number of unbranched alkanes of at least 4 members (excludes halogenated alkanes) is 2. The fourth-order valence-corrected chi connectivity index (χ4v) is 2.68. The van der Waals surface area contributed by atoms with Crippen molar-refractivity contribution in [3.63, 3.8) is 0 Å². The summed E-state index contributed by atoms with van der Waals surface area (Å²) in [4.78, 5) is 0. The van der Waals surface area contributed by atoms with Crippen LogP contribution >= 0.6 is 24.4 Å². The third-order valence-corrected chi connectivity index (χ3v) is 4.73. The Balaban J connectivity index is -0.000000372. The van der Waals surface area contributed by atoms with Crippen LogP contribution in [-0.2, 0) is 46.3 Å². The molecule has 0 aromatic rings. The molecule has 2 N–H and O–H groups in total. The fraction of sp³-hybridized carbons (Fsp3) is 0.889. The van der Waals surface area contributed by atoms with E-state index in [0.717, 1.165) is 24.9 Å². The van der Waals surface area contributed by atoms with Crippen molar-refractivity contribution in [2.75, 3.05) is 13.1 Å². The second-order valence-corrected chi connectivity index (χ2v) is 8.32. The van der Waals surface area contributed by atoms with Crippen molar-refractivity contribution in [3.8, 4) is 0 Å². The molecule has 0 aliphatic rings. The van der Waals surface area contributed by atoms with Crippen LogP contribution in [0.5, 0.6) is 0 Å². The SMILES string of the molecule is CCCCC(CC)CNC(=S)[S-].CCCCC(CC)CNC(=S)[S-].[Mo+2]. The van der Waals surface area contributed by atoms with Gasteiger partial charge in [0, 0.05) is 13.1 Å². The number of hydrogen-bond donors (Lipinski definition) is 2. The van der Waals surface area contributed by atoms with Crippen LogP contribution in [0, 0.1) is 11.8 Å². The molecule has 0 aliphatic carbocycles. The van der Waals surface area contributed by atoms with Gasteiger partial charge in [0.1, 0.15) is 0 Å². The summed E-state index contributed by atoms with van der Waals surface area (Å²) in [6.07, 6.45) is 10.2. The molecule has 0 aliphatic heterocycles. The fourth-order valence-electron chi connectivity index (χ4n) is 2.34. The molecule has 2 unspecified atom stereocenters. The van der Waals surface area contributed by atoms with Crippen LogP contribution in [0.15, 0.2) is 0 Å². The van der Waals surface area contributed by atoms with Crippen LogP contribution in [0.3, 0.4) is 0 Å². The third-order valence-electron chi connectivity index (χ3n) is 4.16. The van der Waals surface area contributed by atoms with E-state index in [9.17, 15) is 0 Å². The van der Waals surface area contributed by atoms with Crippen molar-refractivity contribution in [1.29, 1.82) is 0 Å². The third kappa shape index (κ3) is 24.9. The number of thiocarbonyl (C=S) groups is 2. The van der Waals surface area contributed by atoms with Crippen LogP contribution in [0.4, 0.5) is 0 Å². The minimum atomic E-state index is 0. The summed E-state index contributed by atoms with van der Waals surface area (Å²) in [6.45, 7) is 10.8. The maximum atomic E-state index is 4.78. The van der Waals surface area contributed by atoms with Gasteiger partial charge in [-0.25, -0.2) is 0 Å². The van der Waals surface area contributed by atoms with E-state index in [-0.39, 0.29) is 21.1 Å². The molecule has 0 amide bonds. The first-order valence-corrected chi connectivity index (χ1v) is 10.9. The van der Waals surface area contributed by atoms with Gasteiger partial charge in [0.05, 0.1) is 0 Å². The quantitative estimate of drug-likeness (QED) is 0.214. The Morgan fingerprint density at radius 2 is 1.08 bits per heavy atom. The molecule has 7 heteroatoms. The van der Waals surface area contributed by atoms with E-state index in [1.165, 1.54) is 51.4 Å². The van der Waals surface area contributed by atoms with Crippen LogP contribution < -0.4 is 10.6 Å². The van der Waals surface area contributed by atoms with Crippen molar-refractivity contribution in [1.82, 2.24) is 10.6 Å². The maximum absolute atomic E-state index is 4.78. The number of nitrogens with one attached hydrogen (secondary N) is 2. The van der Waals surface area contributed by atoms with E-state index in [1.807, 2.05) is 0 Å². The zero-order valence-corrected chi connectivity index (χ0v) is 21.5. The maximum Gasteiger partial charge on any atom is 2.00 e. The molecule has 25 heavy (non-hydrogen) atoms. The minimum absolute atomic E-state index is 0. The molecule has 0 spiro atoms. The van der Waals surface area contributed by atoms with Crippen molar-refractivity contribution >= 4 is 58.3 Å². The van der Waals surface area contributed by atoms with Gasteiger partial charge in [0.25, 0.3) is 0 Å². The molecule has 148 valence electrons. The normalized spacial score (nSPS) is 12.0. The van der Waals surface area contributed by atoms with E-state index in [2.05, 4.69) is 38.3 Å². The first-order valence-electron chi connectivity index (χ1n) is 9.30. The van der Waals surface area contributed by atoms with Gasteiger partial charge in [-0.15, -0.1) is 0 Å². The predicted octanol–water partition coefficient (Wildman–Crippen LogP) is 5.25. The van der Waals surface area contributed by atoms with E-state index in [1.54, 1.807) is 0 Å². The zero-order chi connectivity index (χ0) is 18.8. The Morgan fingerprint density at radius 1 is 0.760 bits per heavy atom.